The molecule has 0 bridgehead atoms. The molecule has 1 aromatic rings. The van der Waals surface area contributed by atoms with Crippen molar-refractivity contribution in [2.75, 3.05) is 18.8 Å². The SMILES string of the molecule is CC1CC(C)CN(C(=O)c2cnc(N)c(Cl)c2)C1. The van der Waals surface area contributed by atoms with E-state index in [2.05, 4.69) is 18.8 Å². The maximum absolute atomic E-state index is 12.3. The number of carbonyl (C=O) groups is 1. The lowest BCUT2D eigenvalue weighted by Crippen LogP contribution is -2.42. The Kier molecular flexibility index (Phi) is 3.76. The fraction of sp³-hybridized carbons (Fsp3) is 0.538. The summed E-state index contributed by atoms with van der Waals surface area (Å²) in [6.07, 6.45) is 2.66. The Balaban J connectivity index is 2.17. The second kappa shape index (κ2) is 5.14. The number of piperidine rings is 1. The van der Waals surface area contributed by atoms with Gasteiger partial charge >= 0.3 is 0 Å². The highest BCUT2D eigenvalue weighted by Gasteiger charge is 2.26. The van der Waals surface area contributed by atoms with Crippen LogP contribution in [0.3, 0.4) is 0 Å². The molecule has 0 radical (unpaired) electrons. The number of anilines is 1. The standard InChI is InChI=1S/C13H18ClN3O/c1-8-3-9(2)7-17(6-8)13(18)10-4-11(14)12(15)16-5-10/h4-5,8-9H,3,6-7H2,1-2H3,(H2,15,16). The van der Waals surface area contributed by atoms with Gasteiger partial charge < -0.3 is 10.6 Å². The van der Waals surface area contributed by atoms with Crippen LogP contribution in [0.4, 0.5) is 5.82 Å². The Bertz CT molecular complexity index is 454. The Morgan fingerprint density at radius 2 is 2.06 bits per heavy atom. The van der Waals surface area contributed by atoms with Crippen molar-refractivity contribution >= 4 is 23.3 Å². The molecule has 5 heteroatoms. The number of hydrogen-bond acceptors (Lipinski definition) is 3. The van der Waals surface area contributed by atoms with Crippen molar-refractivity contribution in [2.24, 2.45) is 11.8 Å². The zero-order valence-corrected chi connectivity index (χ0v) is 11.4. The van der Waals surface area contributed by atoms with Crippen LogP contribution in [0.1, 0.15) is 30.6 Å². The minimum atomic E-state index is -0.0113. The summed E-state index contributed by atoms with van der Waals surface area (Å²) >= 11 is 5.90. The summed E-state index contributed by atoms with van der Waals surface area (Å²) in [5, 5.41) is 0.332. The fourth-order valence-corrected chi connectivity index (χ4v) is 2.74. The number of rotatable bonds is 1. The number of carbonyl (C=O) groups excluding carboxylic acids is 1. The fourth-order valence-electron chi connectivity index (χ4n) is 2.58. The first-order valence-electron chi connectivity index (χ1n) is 6.17. The molecule has 2 atom stereocenters. The van der Waals surface area contributed by atoms with Gasteiger partial charge in [-0.25, -0.2) is 4.98 Å². The lowest BCUT2D eigenvalue weighted by atomic mass is 9.91. The number of hydrogen-bond donors (Lipinski definition) is 1. The van der Waals surface area contributed by atoms with Gasteiger partial charge in [0.15, 0.2) is 0 Å². The monoisotopic (exact) mass is 267 g/mol. The topological polar surface area (TPSA) is 59.2 Å². The number of pyridine rings is 1. The molecule has 2 heterocycles. The van der Waals surface area contributed by atoms with Crippen LogP contribution in [0, 0.1) is 11.8 Å². The first-order chi connectivity index (χ1) is 8.47. The van der Waals surface area contributed by atoms with E-state index in [1.165, 1.54) is 12.6 Å². The van der Waals surface area contributed by atoms with E-state index < -0.39 is 0 Å². The predicted molar refractivity (Wildman–Crippen MR) is 72.5 cm³/mol. The molecule has 2 N–H and O–H groups in total. The van der Waals surface area contributed by atoms with Crippen molar-refractivity contribution in [1.82, 2.24) is 9.88 Å². The number of amides is 1. The van der Waals surface area contributed by atoms with Crippen molar-refractivity contribution in [3.8, 4) is 0 Å². The average Bonchev–Trinajstić information content (AvgIpc) is 2.30. The molecule has 1 saturated heterocycles. The highest BCUT2D eigenvalue weighted by Crippen LogP contribution is 2.24. The van der Waals surface area contributed by atoms with Crippen LogP contribution in [0.25, 0.3) is 0 Å². The molecule has 1 aromatic heterocycles. The summed E-state index contributed by atoms with van der Waals surface area (Å²) in [6, 6.07) is 1.59. The number of nitrogens with zero attached hydrogens (tertiary/aromatic N) is 2. The summed E-state index contributed by atoms with van der Waals surface area (Å²) in [5.74, 6) is 1.32. The zero-order chi connectivity index (χ0) is 13.3. The van der Waals surface area contributed by atoms with Crippen molar-refractivity contribution < 1.29 is 4.79 Å². The normalized spacial score (nSPS) is 24.1. The molecule has 1 aliphatic rings. The van der Waals surface area contributed by atoms with Gasteiger partial charge in [-0.15, -0.1) is 0 Å². The molecular formula is C13H18ClN3O. The van der Waals surface area contributed by atoms with Gasteiger partial charge in [-0.2, -0.15) is 0 Å². The maximum Gasteiger partial charge on any atom is 0.255 e. The van der Waals surface area contributed by atoms with Gasteiger partial charge in [-0.1, -0.05) is 25.4 Å². The van der Waals surface area contributed by atoms with Crippen LogP contribution >= 0.6 is 11.6 Å². The number of halogens is 1. The van der Waals surface area contributed by atoms with Gasteiger partial charge in [0.05, 0.1) is 10.6 Å². The van der Waals surface area contributed by atoms with Gasteiger partial charge in [0.2, 0.25) is 0 Å². The minimum absolute atomic E-state index is 0.0113. The van der Waals surface area contributed by atoms with Crippen molar-refractivity contribution in [3.63, 3.8) is 0 Å². The number of aromatic nitrogens is 1. The molecule has 0 spiro atoms. The molecule has 98 valence electrons. The summed E-state index contributed by atoms with van der Waals surface area (Å²) in [5.41, 5.74) is 6.05. The molecule has 0 saturated carbocycles. The molecule has 2 rings (SSSR count). The lowest BCUT2D eigenvalue weighted by molar-refractivity contribution is 0.0623. The highest BCUT2D eigenvalue weighted by atomic mass is 35.5. The van der Waals surface area contributed by atoms with Crippen LogP contribution < -0.4 is 5.73 Å². The summed E-state index contributed by atoms with van der Waals surface area (Å²) < 4.78 is 0. The molecule has 0 aromatic carbocycles. The summed E-state index contributed by atoms with van der Waals surface area (Å²) in [7, 11) is 0. The number of likely N-dealkylation sites (tertiary alicyclic amines) is 1. The van der Waals surface area contributed by atoms with E-state index in [1.54, 1.807) is 6.07 Å². The third kappa shape index (κ3) is 2.75. The molecule has 0 aliphatic carbocycles. The first-order valence-corrected chi connectivity index (χ1v) is 6.55. The molecule has 2 unspecified atom stereocenters. The Hall–Kier alpha value is -1.29. The van der Waals surface area contributed by atoms with E-state index in [0.717, 1.165) is 13.1 Å². The maximum atomic E-state index is 12.3. The smallest absolute Gasteiger partial charge is 0.255 e. The van der Waals surface area contributed by atoms with Crippen LogP contribution in [-0.2, 0) is 0 Å². The molecule has 4 nitrogen and oxygen atoms in total. The summed E-state index contributed by atoms with van der Waals surface area (Å²) in [6.45, 7) is 5.94. The quantitative estimate of drug-likeness (QED) is 0.850. The average molecular weight is 268 g/mol. The zero-order valence-electron chi connectivity index (χ0n) is 10.7. The van der Waals surface area contributed by atoms with Crippen molar-refractivity contribution in [2.45, 2.75) is 20.3 Å². The van der Waals surface area contributed by atoms with E-state index in [9.17, 15) is 4.79 Å². The van der Waals surface area contributed by atoms with E-state index in [4.69, 9.17) is 17.3 Å². The van der Waals surface area contributed by atoms with Gasteiger partial charge in [0.25, 0.3) is 5.91 Å². The molecule has 1 amide bonds. The second-order valence-electron chi connectivity index (χ2n) is 5.25. The minimum Gasteiger partial charge on any atom is -0.382 e. The summed E-state index contributed by atoms with van der Waals surface area (Å²) in [4.78, 5) is 18.1. The van der Waals surface area contributed by atoms with Crippen molar-refractivity contribution in [1.29, 1.82) is 0 Å². The second-order valence-corrected chi connectivity index (χ2v) is 5.65. The van der Waals surface area contributed by atoms with Crippen molar-refractivity contribution in [3.05, 3.63) is 22.8 Å². The van der Waals surface area contributed by atoms with E-state index in [0.29, 0.717) is 22.4 Å². The van der Waals surface area contributed by atoms with Gasteiger partial charge in [0, 0.05) is 19.3 Å². The van der Waals surface area contributed by atoms with Crippen LogP contribution in [0.2, 0.25) is 5.02 Å². The molecule has 1 aliphatic heterocycles. The lowest BCUT2D eigenvalue weighted by Gasteiger charge is -2.35. The van der Waals surface area contributed by atoms with E-state index in [1.807, 2.05) is 4.90 Å². The van der Waals surface area contributed by atoms with Gasteiger partial charge in [-0.05, 0) is 24.3 Å². The Morgan fingerprint density at radius 1 is 1.44 bits per heavy atom. The predicted octanol–water partition coefficient (Wildman–Crippen LogP) is 2.44. The van der Waals surface area contributed by atoms with Crippen LogP contribution in [0.15, 0.2) is 12.3 Å². The van der Waals surface area contributed by atoms with Crippen LogP contribution in [0.5, 0.6) is 0 Å². The van der Waals surface area contributed by atoms with E-state index >= 15 is 0 Å². The molecule has 1 fully saturated rings. The number of nitrogens with two attached hydrogens (primary N) is 1. The first kappa shape index (κ1) is 13.1. The van der Waals surface area contributed by atoms with E-state index in [-0.39, 0.29) is 11.7 Å². The highest BCUT2D eigenvalue weighted by molar-refractivity contribution is 6.33. The largest absolute Gasteiger partial charge is 0.382 e. The Morgan fingerprint density at radius 3 is 2.61 bits per heavy atom. The third-order valence-electron chi connectivity index (χ3n) is 3.27. The van der Waals surface area contributed by atoms with Crippen LogP contribution in [-0.4, -0.2) is 28.9 Å². The third-order valence-corrected chi connectivity index (χ3v) is 3.58. The number of nitrogen functional groups attached to an aromatic ring is 1. The van der Waals surface area contributed by atoms with Gasteiger partial charge in [-0.3, -0.25) is 4.79 Å². The molecular weight excluding hydrogens is 250 g/mol. The molecule has 18 heavy (non-hydrogen) atoms. The Labute approximate surface area is 112 Å². The van der Waals surface area contributed by atoms with Gasteiger partial charge in [0.1, 0.15) is 5.82 Å².